The van der Waals surface area contributed by atoms with Crippen LogP contribution in [-0.4, -0.2) is 17.4 Å². The molecule has 1 amide bonds. The molecule has 3 aromatic rings. The number of nitrogens with one attached hydrogen (secondary N) is 1. The van der Waals surface area contributed by atoms with Crippen LogP contribution < -0.4 is 10.1 Å². The largest absolute Gasteiger partial charge is 0.488 e. The lowest BCUT2D eigenvalue weighted by Crippen LogP contribution is -2.23. The van der Waals surface area contributed by atoms with E-state index in [1.54, 1.807) is 35.7 Å². The molecule has 138 valence electrons. The predicted molar refractivity (Wildman–Crippen MR) is 101 cm³/mol. The molecule has 0 spiro atoms. The number of carbonyl (C=O) groups excluding carboxylic acids is 1. The molecular formula is C20H16F2N2O2S. The Morgan fingerprint density at radius 2 is 1.93 bits per heavy atom. The highest BCUT2D eigenvalue weighted by Crippen LogP contribution is 2.33. The van der Waals surface area contributed by atoms with Crippen molar-refractivity contribution in [1.29, 1.82) is 0 Å². The first kappa shape index (κ1) is 18.7. The van der Waals surface area contributed by atoms with E-state index in [0.717, 1.165) is 0 Å². The average molecular weight is 386 g/mol. The van der Waals surface area contributed by atoms with Gasteiger partial charge in [-0.25, -0.2) is 13.8 Å². The predicted octanol–water partition coefficient (Wildman–Crippen LogP) is 4.58. The van der Waals surface area contributed by atoms with Crippen LogP contribution in [0.2, 0.25) is 0 Å². The van der Waals surface area contributed by atoms with Crippen molar-refractivity contribution in [3.8, 4) is 16.3 Å². The third-order valence-electron chi connectivity index (χ3n) is 3.69. The van der Waals surface area contributed by atoms with E-state index < -0.39 is 11.6 Å². The summed E-state index contributed by atoms with van der Waals surface area (Å²) in [5, 5.41) is 4.87. The van der Waals surface area contributed by atoms with Crippen molar-refractivity contribution in [2.45, 2.75) is 6.61 Å². The van der Waals surface area contributed by atoms with Crippen LogP contribution in [0.4, 0.5) is 8.78 Å². The maximum Gasteiger partial charge on any atom is 0.271 e. The van der Waals surface area contributed by atoms with Crippen LogP contribution in [0, 0.1) is 11.6 Å². The van der Waals surface area contributed by atoms with Crippen LogP contribution in [-0.2, 0) is 6.61 Å². The summed E-state index contributed by atoms with van der Waals surface area (Å²) < 4.78 is 33.2. The van der Waals surface area contributed by atoms with Crippen molar-refractivity contribution in [3.05, 3.63) is 83.4 Å². The third kappa shape index (κ3) is 4.38. The molecule has 27 heavy (non-hydrogen) atoms. The second-order valence-electron chi connectivity index (χ2n) is 5.52. The Balaban J connectivity index is 1.81. The van der Waals surface area contributed by atoms with Gasteiger partial charge in [0.25, 0.3) is 5.91 Å². The number of hydrogen-bond donors (Lipinski definition) is 1. The van der Waals surface area contributed by atoms with Crippen molar-refractivity contribution in [2.24, 2.45) is 0 Å². The summed E-state index contributed by atoms with van der Waals surface area (Å²) in [6, 6.07) is 10.7. The van der Waals surface area contributed by atoms with Crippen molar-refractivity contribution >= 4 is 17.2 Å². The van der Waals surface area contributed by atoms with Crippen molar-refractivity contribution in [2.75, 3.05) is 6.54 Å². The standard InChI is InChI=1S/C20H16F2N2O2S/c1-2-10-23-19(25)17-12-27-20(24-17)13-6-3-4-9-18(13)26-11-14-15(21)7-5-8-16(14)22/h2-9,12H,1,10-11H2,(H,23,25). The number of rotatable bonds is 7. The second-order valence-corrected chi connectivity index (χ2v) is 6.38. The van der Waals surface area contributed by atoms with E-state index in [1.165, 1.54) is 29.5 Å². The fourth-order valence-corrected chi connectivity index (χ4v) is 3.18. The minimum Gasteiger partial charge on any atom is -0.488 e. The van der Waals surface area contributed by atoms with Crippen LogP contribution in [0.3, 0.4) is 0 Å². The maximum absolute atomic E-state index is 13.8. The molecular weight excluding hydrogens is 370 g/mol. The summed E-state index contributed by atoms with van der Waals surface area (Å²) in [5.74, 6) is -1.21. The number of hydrogen-bond acceptors (Lipinski definition) is 4. The molecule has 1 N–H and O–H groups in total. The Hall–Kier alpha value is -3.06. The molecule has 0 aliphatic rings. The van der Waals surface area contributed by atoms with E-state index in [-0.39, 0.29) is 23.8 Å². The normalized spacial score (nSPS) is 10.4. The number of carbonyl (C=O) groups is 1. The van der Waals surface area contributed by atoms with Crippen LogP contribution in [0.15, 0.2) is 60.5 Å². The number of nitrogens with zero attached hydrogens (tertiary/aromatic N) is 1. The minimum atomic E-state index is -0.664. The van der Waals surface area contributed by atoms with Gasteiger partial charge in [0.1, 0.15) is 34.7 Å². The van der Waals surface area contributed by atoms with E-state index in [0.29, 0.717) is 22.9 Å². The first-order valence-corrected chi connectivity index (χ1v) is 8.98. The maximum atomic E-state index is 13.8. The summed E-state index contributed by atoms with van der Waals surface area (Å²) in [6.45, 7) is 3.64. The molecule has 4 nitrogen and oxygen atoms in total. The molecule has 1 aromatic heterocycles. The van der Waals surface area contributed by atoms with Gasteiger partial charge in [-0.1, -0.05) is 24.3 Å². The number of halogens is 2. The first-order valence-electron chi connectivity index (χ1n) is 8.10. The van der Waals surface area contributed by atoms with Crippen molar-refractivity contribution in [3.63, 3.8) is 0 Å². The Labute approximate surface area is 159 Å². The van der Waals surface area contributed by atoms with Crippen LogP contribution in [0.1, 0.15) is 16.1 Å². The van der Waals surface area contributed by atoms with Crippen molar-refractivity contribution < 1.29 is 18.3 Å². The monoisotopic (exact) mass is 386 g/mol. The zero-order valence-corrected chi connectivity index (χ0v) is 15.1. The highest BCUT2D eigenvalue weighted by Gasteiger charge is 2.15. The SMILES string of the molecule is C=CCNC(=O)c1csc(-c2ccccc2OCc2c(F)cccc2F)n1. The number of aromatic nitrogens is 1. The summed E-state index contributed by atoms with van der Waals surface area (Å²) >= 11 is 1.28. The molecule has 0 bridgehead atoms. The van der Waals surface area contributed by atoms with Gasteiger partial charge in [0.05, 0.1) is 11.1 Å². The van der Waals surface area contributed by atoms with E-state index in [9.17, 15) is 13.6 Å². The lowest BCUT2D eigenvalue weighted by molar-refractivity contribution is 0.0954. The van der Waals surface area contributed by atoms with Crippen molar-refractivity contribution in [1.82, 2.24) is 10.3 Å². The lowest BCUT2D eigenvalue weighted by atomic mass is 10.2. The summed E-state index contributed by atoms with van der Waals surface area (Å²) in [6.07, 6.45) is 1.58. The van der Waals surface area contributed by atoms with Gasteiger partial charge in [-0.15, -0.1) is 17.9 Å². The number of para-hydroxylation sites is 1. The summed E-state index contributed by atoms with van der Waals surface area (Å²) in [4.78, 5) is 16.3. The van der Waals surface area contributed by atoms with Crippen LogP contribution >= 0.6 is 11.3 Å². The van der Waals surface area contributed by atoms with E-state index >= 15 is 0 Å². The average Bonchev–Trinajstić information content (AvgIpc) is 3.16. The lowest BCUT2D eigenvalue weighted by Gasteiger charge is -2.11. The van der Waals surface area contributed by atoms with Gasteiger partial charge in [-0.3, -0.25) is 4.79 Å². The van der Waals surface area contributed by atoms with Gasteiger partial charge in [0.2, 0.25) is 0 Å². The highest BCUT2D eigenvalue weighted by atomic mass is 32.1. The molecule has 0 saturated heterocycles. The highest BCUT2D eigenvalue weighted by molar-refractivity contribution is 7.13. The van der Waals surface area contributed by atoms with Crippen LogP contribution in [0.25, 0.3) is 10.6 Å². The molecule has 1 heterocycles. The second kappa shape index (κ2) is 8.55. The smallest absolute Gasteiger partial charge is 0.271 e. The summed E-state index contributed by atoms with van der Waals surface area (Å²) in [7, 11) is 0. The third-order valence-corrected chi connectivity index (χ3v) is 4.57. The molecule has 0 unspecified atom stereocenters. The minimum absolute atomic E-state index is 0.143. The number of ether oxygens (including phenoxy) is 1. The number of thiazole rings is 1. The van der Waals surface area contributed by atoms with E-state index in [1.807, 2.05) is 0 Å². The Bertz CT molecular complexity index is 952. The first-order chi connectivity index (χ1) is 13.1. The Morgan fingerprint density at radius 3 is 2.67 bits per heavy atom. The molecule has 0 atom stereocenters. The summed E-state index contributed by atoms with van der Waals surface area (Å²) in [5.41, 5.74) is 0.782. The van der Waals surface area contributed by atoms with Gasteiger partial charge in [0.15, 0.2) is 0 Å². The zero-order valence-electron chi connectivity index (χ0n) is 14.2. The van der Waals surface area contributed by atoms with Gasteiger partial charge in [0, 0.05) is 11.9 Å². The molecule has 0 radical (unpaired) electrons. The fourth-order valence-electron chi connectivity index (χ4n) is 2.35. The Kier molecular flexibility index (Phi) is 5.93. The van der Waals surface area contributed by atoms with Gasteiger partial charge < -0.3 is 10.1 Å². The molecule has 0 aliphatic heterocycles. The zero-order chi connectivity index (χ0) is 19.2. The van der Waals surface area contributed by atoms with E-state index in [2.05, 4.69) is 16.9 Å². The molecule has 7 heteroatoms. The van der Waals surface area contributed by atoms with E-state index in [4.69, 9.17) is 4.74 Å². The topological polar surface area (TPSA) is 51.2 Å². The molecule has 2 aromatic carbocycles. The molecule has 0 saturated carbocycles. The molecule has 3 rings (SSSR count). The van der Waals surface area contributed by atoms with Gasteiger partial charge in [-0.2, -0.15) is 0 Å². The fraction of sp³-hybridized carbons (Fsp3) is 0.100. The van der Waals surface area contributed by atoms with Gasteiger partial charge >= 0.3 is 0 Å². The quantitative estimate of drug-likeness (QED) is 0.605. The molecule has 0 aliphatic carbocycles. The Morgan fingerprint density at radius 1 is 1.19 bits per heavy atom. The number of amides is 1. The number of benzene rings is 2. The van der Waals surface area contributed by atoms with Gasteiger partial charge in [-0.05, 0) is 24.3 Å². The van der Waals surface area contributed by atoms with Crippen LogP contribution in [0.5, 0.6) is 5.75 Å². The molecule has 0 fully saturated rings.